The summed E-state index contributed by atoms with van der Waals surface area (Å²) < 4.78 is 0. The van der Waals surface area contributed by atoms with Gasteiger partial charge in [-0.2, -0.15) is 0 Å². The molecule has 8 nitrogen and oxygen atoms in total. The number of nitrogens with one attached hydrogen (secondary N) is 1. The van der Waals surface area contributed by atoms with E-state index in [1.807, 2.05) is 0 Å². The number of aromatic carboxylic acids is 1. The molecule has 0 amide bonds. The molecule has 3 atom stereocenters. The van der Waals surface area contributed by atoms with Gasteiger partial charge in [-0.15, -0.1) is 0 Å². The van der Waals surface area contributed by atoms with Crippen LogP contribution in [0.1, 0.15) is 54.9 Å². The quantitative estimate of drug-likeness (QED) is 0.624. The minimum atomic E-state index is -1.18. The number of H-pyrrole nitrogens is 1. The van der Waals surface area contributed by atoms with E-state index in [-0.39, 0.29) is 29.1 Å². The van der Waals surface area contributed by atoms with Crippen molar-refractivity contribution in [2.24, 2.45) is 15.9 Å². The Kier molecular flexibility index (Phi) is 3.98. The van der Waals surface area contributed by atoms with Crippen LogP contribution in [-0.2, 0) is 4.79 Å². The van der Waals surface area contributed by atoms with Crippen molar-refractivity contribution in [1.82, 2.24) is 4.98 Å². The second-order valence-electron chi connectivity index (χ2n) is 6.59. The maximum absolute atomic E-state index is 11.8. The molecular weight excluding hydrogens is 326 g/mol. The Morgan fingerprint density at radius 3 is 2.56 bits per heavy atom. The fourth-order valence-electron chi connectivity index (χ4n) is 3.55. The van der Waals surface area contributed by atoms with Gasteiger partial charge in [0.15, 0.2) is 0 Å². The van der Waals surface area contributed by atoms with Crippen molar-refractivity contribution in [2.75, 3.05) is 0 Å². The van der Waals surface area contributed by atoms with Gasteiger partial charge in [-0.1, -0.05) is 0 Å². The fraction of sp³-hybridized carbons (Fsp3) is 0.412. The maximum atomic E-state index is 11.8. The van der Waals surface area contributed by atoms with E-state index in [0.717, 1.165) is 0 Å². The molecule has 1 aliphatic heterocycles. The van der Waals surface area contributed by atoms with Crippen LogP contribution in [0.15, 0.2) is 21.7 Å². The summed E-state index contributed by atoms with van der Waals surface area (Å²) in [6, 6.07) is 0.644. The second-order valence-corrected chi connectivity index (χ2v) is 6.59. The second kappa shape index (κ2) is 5.87. The smallest absolute Gasteiger partial charge is 0.352 e. The molecule has 8 heteroatoms. The van der Waals surface area contributed by atoms with E-state index in [2.05, 4.69) is 15.0 Å². The van der Waals surface area contributed by atoms with Crippen LogP contribution < -0.4 is 0 Å². The molecule has 1 aromatic heterocycles. The highest BCUT2D eigenvalue weighted by atomic mass is 16.4. The molecule has 25 heavy (non-hydrogen) atoms. The highest BCUT2D eigenvalue weighted by molar-refractivity contribution is 5.92. The van der Waals surface area contributed by atoms with Crippen molar-refractivity contribution in [2.45, 2.75) is 39.2 Å². The minimum absolute atomic E-state index is 0.107. The first kappa shape index (κ1) is 16.9. The molecule has 3 rings (SSSR count). The van der Waals surface area contributed by atoms with Gasteiger partial charge in [0.1, 0.15) is 23.2 Å². The first-order valence-electron chi connectivity index (χ1n) is 7.88. The molecule has 0 aromatic carbocycles. The first-order chi connectivity index (χ1) is 11.7. The zero-order valence-corrected chi connectivity index (χ0v) is 14.1. The number of carbonyl (C=O) groups is 2. The third-order valence-corrected chi connectivity index (χ3v) is 4.50. The van der Waals surface area contributed by atoms with Crippen molar-refractivity contribution < 1.29 is 24.9 Å². The molecule has 0 radical (unpaired) electrons. The van der Waals surface area contributed by atoms with Crippen LogP contribution in [0, 0.1) is 5.92 Å². The lowest BCUT2D eigenvalue weighted by Crippen LogP contribution is -2.39. The van der Waals surface area contributed by atoms with E-state index in [9.17, 15) is 24.9 Å². The Morgan fingerprint density at radius 2 is 2.00 bits per heavy atom. The Morgan fingerprint density at radius 1 is 1.32 bits per heavy atom. The third kappa shape index (κ3) is 2.73. The van der Waals surface area contributed by atoms with E-state index in [1.165, 1.54) is 6.07 Å². The normalized spacial score (nSPS) is 24.9. The third-order valence-electron chi connectivity index (χ3n) is 4.50. The molecule has 4 N–H and O–H groups in total. The topological polar surface area (TPSA) is 135 Å². The summed E-state index contributed by atoms with van der Waals surface area (Å²) in [4.78, 5) is 34.8. The average Bonchev–Trinajstić information content (AvgIpc) is 2.95. The molecular formula is C17H19N3O5. The van der Waals surface area contributed by atoms with Gasteiger partial charge in [0.25, 0.3) is 0 Å². The Hall–Kier alpha value is -2.90. The SMILES string of the molecule is CC(C)=NC1=C(O)c2cc(C(=O)O)[nH]c2C2C(C(=O)O)CC(C)=NC12. The fourth-order valence-corrected chi connectivity index (χ4v) is 3.55. The Labute approximate surface area is 143 Å². The van der Waals surface area contributed by atoms with Gasteiger partial charge in [0.2, 0.25) is 0 Å². The lowest BCUT2D eigenvalue weighted by atomic mass is 9.73. The van der Waals surface area contributed by atoms with Crippen molar-refractivity contribution in [3.63, 3.8) is 0 Å². The van der Waals surface area contributed by atoms with Gasteiger partial charge in [0.05, 0.1) is 5.92 Å². The summed E-state index contributed by atoms with van der Waals surface area (Å²) in [6.45, 7) is 5.27. The molecule has 0 bridgehead atoms. The summed E-state index contributed by atoms with van der Waals surface area (Å²) >= 11 is 0. The molecule has 1 aliphatic carbocycles. The monoisotopic (exact) mass is 345 g/mol. The molecule has 1 aromatic rings. The lowest BCUT2D eigenvalue weighted by molar-refractivity contribution is -0.142. The molecule has 0 saturated carbocycles. The van der Waals surface area contributed by atoms with Crippen molar-refractivity contribution >= 4 is 29.1 Å². The standard InChI is InChI=1S/C17H19N3O5/c1-6(2)18-14-13-11(8(16(22)23)4-7(3)19-13)12-9(15(14)21)5-10(20-12)17(24)25/h5,8,11,13,20-21H,4H2,1-3H3,(H,22,23)(H,24,25). The number of aliphatic imine (C=N–C) groups is 2. The van der Waals surface area contributed by atoms with Crippen LogP contribution in [0.25, 0.3) is 5.76 Å². The zero-order valence-electron chi connectivity index (χ0n) is 14.1. The summed E-state index contributed by atoms with van der Waals surface area (Å²) in [7, 11) is 0. The van der Waals surface area contributed by atoms with Gasteiger partial charge < -0.3 is 20.3 Å². The number of aromatic nitrogens is 1. The van der Waals surface area contributed by atoms with Crippen molar-refractivity contribution in [3.05, 3.63) is 28.7 Å². The lowest BCUT2D eigenvalue weighted by Gasteiger charge is -2.37. The number of fused-ring (bicyclic) bond motifs is 3. The molecule has 132 valence electrons. The molecule has 0 saturated heterocycles. The largest absolute Gasteiger partial charge is 0.505 e. The van der Waals surface area contributed by atoms with E-state index in [0.29, 0.717) is 17.1 Å². The van der Waals surface area contributed by atoms with Crippen LogP contribution in [0.2, 0.25) is 0 Å². The van der Waals surface area contributed by atoms with Gasteiger partial charge in [-0.05, 0) is 33.3 Å². The maximum Gasteiger partial charge on any atom is 0.352 e. The average molecular weight is 345 g/mol. The van der Waals surface area contributed by atoms with Crippen LogP contribution >= 0.6 is 0 Å². The highest BCUT2D eigenvalue weighted by Crippen LogP contribution is 2.47. The van der Waals surface area contributed by atoms with Crippen molar-refractivity contribution in [3.8, 4) is 0 Å². The number of aliphatic hydroxyl groups is 1. The summed E-state index contributed by atoms with van der Waals surface area (Å²) in [5.41, 5.74) is 2.18. The van der Waals surface area contributed by atoms with Crippen molar-refractivity contribution in [1.29, 1.82) is 0 Å². The molecule has 0 spiro atoms. The number of carboxylic acids is 2. The first-order valence-corrected chi connectivity index (χ1v) is 7.88. The number of nitrogens with zero attached hydrogens (tertiary/aromatic N) is 2. The summed E-state index contributed by atoms with van der Waals surface area (Å²) in [6.07, 6.45) is 0.264. The molecule has 0 fully saturated rings. The molecule has 2 aliphatic rings. The van der Waals surface area contributed by atoms with E-state index >= 15 is 0 Å². The number of aliphatic hydroxyl groups excluding tert-OH is 1. The zero-order chi connectivity index (χ0) is 18.5. The number of carboxylic acid groups (broad SMARTS) is 2. The van der Waals surface area contributed by atoms with Crippen LogP contribution in [0.4, 0.5) is 0 Å². The summed E-state index contributed by atoms with van der Waals surface area (Å²) in [5.74, 6) is -3.73. The number of aromatic amines is 1. The Balaban J connectivity index is 2.30. The predicted molar refractivity (Wildman–Crippen MR) is 91.5 cm³/mol. The molecule has 2 heterocycles. The van der Waals surface area contributed by atoms with Gasteiger partial charge >= 0.3 is 11.9 Å². The van der Waals surface area contributed by atoms with Gasteiger partial charge in [-0.25, -0.2) is 4.79 Å². The minimum Gasteiger partial charge on any atom is -0.505 e. The van der Waals surface area contributed by atoms with Crippen LogP contribution in [0.5, 0.6) is 0 Å². The van der Waals surface area contributed by atoms with E-state index in [4.69, 9.17) is 0 Å². The highest BCUT2D eigenvalue weighted by Gasteiger charge is 2.47. The number of aliphatic carboxylic acids is 1. The van der Waals surface area contributed by atoms with Crippen LogP contribution in [-0.4, -0.2) is 49.7 Å². The summed E-state index contributed by atoms with van der Waals surface area (Å²) in [5, 5.41) is 29.6. The van der Waals surface area contributed by atoms with Gasteiger partial charge in [0, 0.05) is 28.6 Å². The predicted octanol–water partition coefficient (Wildman–Crippen LogP) is 2.45. The van der Waals surface area contributed by atoms with E-state index in [1.54, 1.807) is 20.8 Å². The Bertz CT molecular complexity index is 858. The molecule has 3 unspecified atom stereocenters. The number of hydrogen-bond donors (Lipinski definition) is 4. The van der Waals surface area contributed by atoms with Crippen LogP contribution in [0.3, 0.4) is 0 Å². The number of hydrogen-bond acceptors (Lipinski definition) is 5. The van der Waals surface area contributed by atoms with E-state index < -0.39 is 29.8 Å². The number of rotatable bonds is 3. The van der Waals surface area contributed by atoms with Gasteiger partial charge in [-0.3, -0.25) is 14.8 Å².